The lowest BCUT2D eigenvalue weighted by molar-refractivity contribution is 0.669. The molecule has 0 saturated carbocycles. The molecule has 0 aliphatic heterocycles. The molecule has 66 valence electrons. The Labute approximate surface area is 73.2 Å². The van der Waals surface area contributed by atoms with Gasteiger partial charge < -0.3 is 5.32 Å². The second kappa shape index (κ2) is 5.66. The number of rotatable bonds is 5. The molecule has 0 amide bonds. The third-order valence-corrected chi connectivity index (χ3v) is 1.73. The molecule has 1 aromatic rings. The van der Waals surface area contributed by atoms with Gasteiger partial charge in [-0.3, -0.25) is 9.97 Å². The number of aryl methyl sites for hydroxylation is 1. The highest BCUT2D eigenvalue weighted by molar-refractivity contribution is 4.94. The van der Waals surface area contributed by atoms with Crippen molar-refractivity contribution in [1.82, 2.24) is 15.3 Å². The second-order valence-electron chi connectivity index (χ2n) is 2.76. The topological polar surface area (TPSA) is 37.8 Å². The molecule has 1 heterocycles. The fraction of sp³-hybridized carbons (Fsp3) is 0.556. The summed E-state index contributed by atoms with van der Waals surface area (Å²) in [7, 11) is 1.97. The summed E-state index contributed by atoms with van der Waals surface area (Å²) in [4.78, 5) is 8.20. The summed E-state index contributed by atoms with van der Waals surface area (Å²) in [5.41, 5.74) is 1.09. The van der Waals surface area contributed by atoms with Crippen LogP contribution in [-0.2, 0) is 6.42 Å². The highest BCUT2D eigenvalue weighted by Gasteiger charge is 1.92. The molecule has 3 heteroatoms. The van der Waals surface area contributed by atoms with Crippen molar-refractivity contribution in [3.63, 3.8) is 0 Å². The van der Waals surface area contributed by atoms with E-state index in [1.807, 2.05) is 13.2 Å². The van der Waals surface area contributed by atoms with E-state index >= 15 is 0 Å². The number of hydrogen-bond acceptors (Lipinski definition) is 3. The zero-order valence-corrected chi connectivity index (χ0v) is 7.45. The number of unbranched alkanes of at least 4 members (excludes halogenated alkanes) is 1. The van der Waals surface area contributed by atoms with E-state index in [1.54, 1.807) is 12.4 Å². The first-order valence-corrected chi connectivity index (χ1v) is 4.33. The van der Waals surface area contributed by atoms with E-state index in [0.717, 1.165) is 18.7 Å². The van der Waals surface area contributed by atoms with Crippen LogP contribution in [-0.4, -0.2) is 23.6 Å². The molecule has 3 nitrogen and oxygen atoms in total. The third-order valence-electron chi connectivity index (χ3n) is 1.73. The highest BCUT2D eigenvalue weighted by Crippen LogP contribution is 1.98. The van der Waals surface area contributed by atoms with E-state index < -0.39 is 0 Å². The molecule has 0 unspecified atom stereocenters. The molecule has 0 spiro atoms. The highest BCUT2D eigenvalue weighted by atomic mass is 14.8. The predicted octanol–water partition coefficient (Wildman–Crippen LogP) is 1.02. The van der Waals surface area contributed by atoms with Gasteiger partial charge in [0.15, 0.2) is 0 Å². The molecular weight excluding hydrogens is 150 g/mol. The third kappa shape index (κ3) is 3.44. The minimum Gasteiger partial charge on any atom is -0.320 e. The summed E-state index contributed by atoms with van der Waals surface area (Å²) >= 11 is 0. The number of hydrogen-bond donors (Lipinski definition) is 1. The van der Waals surface area contributed by atoms with Crippen LogP contribution in [0.25, 0.3) is 0 Å². The van der Waals surface area contributed by atoms with Crippen LogP contribution in [0.5, 0.6) is 0 Å². The van der Waals surface area contributed by atoms with Crippen LogP contribution in [0.2, 0.25) is 0 Å². The first-order valence-electron chi connectivity index (χ1n) is 4.33. The molecule has 1 N–H and O–H groups in total. The number of nitrogens with one attached hydrogen (secondary N) is 1. The van der Waals surface area contributed by atoms with Gasteiger partial charge in [0, 0.05) is 18.6 Å². The van der Waals surface area contributed by atoms with E-state index in [-0.39, 0.29) is 0 Å². The lowest BCUT2D eigenvalue weighted by Gasteiger charge is -1.98. The fourth-order valence-electron chi connectivity index (χ4n) is 1.07. The van der Waals surface area contributed by atoms with Crippen LogP contribution in [0, 0.1) is 0 Å². The molecule has 0 aliphatic rings. The van der Waals surface area contributed by atoms with Crippen LogP contribution >= 0.6 is 0 Å². The van der Waals surface area contributed by atoms with Gasteiger partial charge in [-0.25, -0.2) is 0 Å². The molecule has 0 saturated heterocycles. The van der Waals surface area contributed by atoms with E-state index in [4.69, 9.17) is 0 Å². The van der Waals surface area contributed by atoms with Crippen LogP contribution in [0.4, 0.5) is 0 Å². The van der Waals surface area contributed by atoms with E-state index in [9.17, 15) is 0 Å². The molecule has 0 fully saturated rings. The average molecular weight is 165 g/mol. The molecule has 0 aromatic carbocycles. The summed E-state index contributed by atoms with van der Waals surface area (Å²) in [6, 6.07) is 0. The molecule has 0 aliphatic carbocycles. The number of nitrogens with zero attached hydrogens (tertiary/aromatic N) is 2. The zero-order chi connectivity index (χ0) is 8.65. The quantitative estimate of drug-likeness (QED) is 0.662. The van der Waals surface area contributed by atoms with Crippen molar-refractivity contribution >= 4 is 0 Å². The van der Waals surface area contributed by atoms with Gasteiger partial charge in [0.25, 0.3) is 0 Å². The van der Waals surface area contributed by atoms with Gasteiger partial charge in [0.1, 0.15) is 0 Å². The molecule has 1 aromatic heterocycles. The van der Waals surface area contributed by atoms with Gasteiger partial charge >= 0.3 is 0 Å². The van der Waals surface area contributed by atoms with Gasteiger partial charge in [-0.1, -0.05) is 0 Å². The number of aromatic nitrogens is 2. The first kappa shape index (κ1) is 9.13. The van der Waals surface area contributed by atoms with Crippen molar-refractivity contribution in [3.8, 4) is 0 Å². The Balaban J connectivity index is 2.16. The Hall–Kier alpha value is -0.960. The van der Waals surface area contributed by atoms with Crippen LogP contribution in [0.15, 0.2) is 18.6 Å². The fourth-order valence-corrected chi connectivity index (χ4v) is 1.07. The molecule has 1 rings (SSSR count). The minimum atomic E-state index is 1.04. The minimum absolute atomic E-state index is 1.04. The molecule has 0 bridgehead atoms. The summed E-state index contributed by atoms with van der Waals surface area (Å²) in [6.07, 6.45) is 8.70. The molecule has 0 atom stereocenters. The molecular formula is C9H15N3. The van der Waals surface area contributed by atoms with Gasteiger partial charge in [-0.05, 0) is 32.9 Å². The zero-order valence-electron chi connectivity index (χ0n) is 7.45. The standard InChI is InChI=1S/C9H15N3/c1-10-5-3-2-4-9-8-11-6-7-12-9/h6-8,10H,2-5H2,1H3. The van der Waals surface area contributed by atoms with Crippen molar-refractivity contribution in [2.24, 2.45) is 0 Å². The Morgan fingerprint density at radius 2 is 2.25 bits per heavy atom. The summed E-state index contributed by atoms with van der Waals surface area (Å²) in [5.74, 6) is 0. The second-order valence-corrected chi connectivity index (χ2v) is 2.76. The summed E-state index contributed by atoms with van der Waals surface area (Å²) < 4.78 is 0. The molecule has 0 radical (unpaired) electrons. The van der Waals surface area contributed by atoms with Crippen molar-refractivity contribution < 1.29 is 0 Å². The van der Waals surface area contributed by atoms with Crippen molar-refractivity contribution in [2.45, 2.75) is 19.3 Å². The van der Waals surface area contributed by atoms with Crippen molar-refractivity contribution in [2.75, 3.05) is 13.6 Å². The predicted molar refractivity (Wildman–Crippen MR) is 48.9 cm³/mol. The van der Waals surface area contributed by atoms with Gasteiger partial charge in [-0.2, -0.15) is 0 Å². The van der Waals surface area contributed by atoms with Crippen LogP contribution in [0.1, 0.15) is 18.5 Å². The normalized spacial score (nSPS) is 10.1. The van der Waals surface area contributed by atoms with Crippen LogP contribution in [0.3, 0.4) is 0 Å². The van der Waals surface area contributed by atoms with Crippen LogP contribution < -0.4 is 5.32 Å². The maximum atomic E-state index is 4.19. The smallest absolute Gasteiger partial charge is 0.0586 e. The Morgan fingerprint density at radius 3 is 2.92 bits per heavy atom. The van der Waals surface area contributed by atoms with E-state index in [1.165, 1.54) is 12.8 Å². The Bertz CT molecular complexity index is 198. The van der Waals surface area contributed by atoms with Gasteiger partial charge in [0.05, 0.1) is 5.69 Å². The lowest BCUT2D eigenvalue weighted by Crippen LogP contribution is -2.07. The monoisotopic (exact) mass is 165 g/mol. The first-order chi connectivity index (χ1) is 5.93. The summed E-state index contributed by atoms with van der Waals surface area (Å²) in [6.45, 7) is 1.08. The summed E-state index contributed by atoms with van der Waals surface area (Å²) in [5, 5.41) is 3.12. The Morgan fingerprint density at radius 1 is 1.33 bits per heavy atom. The van der Waals surface area contributed by atoms with E-state index in [2.05, 4.69) is 15.3 Å². The maximum absolute atomic E-state index is 4.19. The van der Waals surface area contributed by atoms with E-state index in [0.29, 0.717) is 0 Å². The molecule has 12 heavy (non-hydrogen) atoms. The lowest BCUT2D eigenvalue weighted by atomic mass is 10.2. The van der Waals surface area contributed by atoms with Gasteiger partial charge in [-0.15, -0.1) is 0 Å². The SMILES string of the molecule is CNCCCCc1cnccn1. The average Bonchev–Trinajstić information content (AvgIpc) is 2.14. The Kier molecular flexibility index (Phi) is 4.31. The van der Waals surface area contributed by atoms with Crippen molar-refractivity contribution in [3.05, 3.63) is 24.3 Å². The maximum Gasteiger partial charge on any atom is 0.0586 e. The largest absolute Gasteiger partial charge is 0.320 e. The van der Waals surface area contributed by atoms with Gasteiger partial charge in [0.2, 0.25) is 0 Å². The van der Waals surface area contributed by atoms with Crippen molar-refractivity contribution in [1.29, 1.82) is 0 Å².